The van der Waals surface area contributed by atoms with Crippen molar-refractivity contribution in [3.63, 3.8) is 0 Å². The molecule has 0 saturated heterocycles. The number of halogens is 1. The lowest BCUT2D eigenvalue weighted by atomic mass is 9.92. The molecule has 1 unspecified atom stereocenters. The maximum Gasteiger partial charge on any atom is 0.0651 e. The van der Waals surface area contributed by atoms with Gasteiger partial charge in [-0.2, -0.15) is 0 Å². The van der Waals surface area contributed by atoms with Crippen LogP contribution in [0.5, 0.6) is 0 Å². The summed E-state index contributed by atoms with van der Waals surface area (Å²) in [5.41, 5.74) is 7.06. The molecule has 0 amide bonds. The lowest BCUT2D eigenvalue weighted by molar-refractivity contribution is 0.209. The average Bonchev–Trinajstić information content (AvgIpc) is 2.09. The Hall–Kier alpha value is -0.450. The molecule has 0 saturated carbocycles. The molecule has 0 aromatic carbocycles. The molecule has 1 rings (SSSR count). The topological polar surface area (TPSA) is 59.1 Å². The van der Waals surface area contributed by atoms with E-state index >= 15 is 0 Å². The summed E-state index contributed by atoms with van der Waals surface area (Å²) in [5, 5.41) is 9.09. The molecule has 0 aliphatic heterocycles. The van der Waals surface area contributed by atoms with E-state index in [0.717, 1.165) is 15.6 Å². The first-order valence-corrected chi connectivity index (χ1v) is 4.78. The number of nitrogens with two attached hydrogens (primary N) is 1. The van der Waals surface area contributed by atoms with E-state index in [0.29, 0.717) is 0 Å². The van der Waals surface area contributed by atoms with Crippen molar-refractivity contribution in [3.05, 3.63) is 28.0 Å². The highest BCUT2D eigenvalue weighted by molar-refractivity contribution is 9.10. The molecule has 0 spiro atoms. The zero-order valence-electron chi connectivity index (χ0n) is 7.71. The van der Waals surface area contributed by atoms with Crippen LogP contribution in [0, 0.1) is 6.92 Å². The van der Waals surface area contributed by atoms with Gasteiger partial charge in [-0.05, 0) is 40.9 Å². The zero-order valence-corrected chi connectivity index (χ0v) is 9.30. The molecule has 0 fully saturated rings. The minimum Gasteiger partial charge on any atom is -0.394 e. The minimum atomic E-state index is -0.721. The number of aliphatic hydroxyl groups excluding tert-OH is 1. The third-order valence-electron chi connectivity index (χ3n) is 2.10. The highest BCUT2D eigenvalue weighted by Crippen LogP contribution is 2.25. The van der Waals surface area contributed by atoms with E-state index in [4.69, 9.17) is 10.8 Å². The van der Waals surface area contributed by atoms with E-state index in [1.54, 1.807) is 19.3 Å². The second-order valence-corrected chi connectivity index (χ2v) is 4.22. The molecule has 0 aliphatic carbocycles. The molecule has 1 heterocycles. The van der Waals surface area contributed by atoms with Crippen molar-refractivity contribution in [3.8, 4) is 0 Å². The molecule has 1 aromatic heterocycles. The summed E-state index contributed by atoms with van der Waals surface area (Å²) in [6, 6.07) is 0. The standard InChI is InChI=1S/C9H13BrN2O/c1-6-7(9(2,11)5-13)3-12-4-8(6)10/h3-4,13H,5,11H2,1-2H3. The minimum absolute atomic E-state index is 0.0913. The maximum atomic E-state index is 9.09. The van der Waals surface area contributed by atoms with Gasteiger partial charge >= 0.3 is 0 Å². The van der Waals surface area contributed by atoms with Crippen LogP contribution in [0.3, 0.4) is 0 Å². The van der Waals surface area contributed by atoms with Crippen molar-refractivity contribution in [1.82, 2.24) is 4.98 Å². The molecular formula is C9H13BrN2O. The third kappa shape index (κ3) is 2.07. The quantitative estimate of drug-likeness (QED) is 0.826. The van der Waals surface area contributed by atoms with Crippen LogP contribution < -0.4 is 5.73 Å². The first-order valence-electron chi connectivity index (χ1n) is 3.99. The SMILES string of the molecule is Cc1c(Br)cncc1C(C)(N)CO. The molecule has 13 heavy (non-hydrogen) atoms. The first kappa shape index (κ1) is 10.6. The average molecular weight is 245 g/mol. The van der Waals surface area contributed by atoms with Crippen molar-refractivity contribution in [2.24, 2.45) is 5.73 Å². The Kier molecular flexibility index (Phi) is 3.05. The Labute approximate surface area is 86.1 Å². The zero-order chi connectivity index (χ0) is 10.1. The first-order chi connectivity index (χ1) is 5.99. The van der Waals surface area contributed by atoms with Gasteiger partial charge in [0.2, 0.25) is 0 Å². The molecule has 0 bridgehead atoms. The summed E-state index contributed by atoms with van der Waals surface area (Å²) >= 11 is 3.37. The van der Waals surface area contributed by atoms with E-state index in [9.17, 15) is 0 Å². The van der Waals surface area contributed by atoms with E-state index in [-0.39, 0.29) is 6.61 Å². The molecule has 3 nitrogen and oxygen atoms in total. The van der Waals surface area contributed by atoms with E-state index in [2.05, 4.69) is 20.9 Å². The van der Waals surface area contributed by atoms with Gasteiger partial charge in [0.1, 0.15) is 0 Å². The largest absolute Gasteiger partial charge is 0.394 e. The van der Waals surface area contributed by atoms with Gasteiger partial charge < -0.3 is 10.8 Å². The van der Waals surface area contributed by atoms with Crippen LogP contribution in [0.1, 0.15) is 18.1 Å². The van der Waals surface area contributed by atoms with Crippen molar-refractivity contribution in [2.45, 2.75) is 19.4 Å². The summed E-state index contributed by atoms with van der Waals surface area (Å²) in [6.07, 6.45) is 3.41. The summed E-state index contributed by atoms with van der Waals surface area (Å²) in [7, 11) is 0. The van der Waals surface area contributed by atoms with Gasteiger partial charge in [-0.3, -0.25) is 4.98 Å². The number of hydrogen-bond donors (Lipinski definition) is 2. The second kappa shape index (κ2) is 3.74. The maximum absolute atomic E-state index is 9.09. The molecule has 0 aliphatic rings. The molecule has 72 valence electrons. The predicted octanol–water partition coefficient (Wildman–Crippen LogP) is 1.32. The van der Waals surface area contributed by atoms with Gasteiger partial charge in [-0.1, -0.05) is 0 Å². The number of rotatable bonds is 2. The van der Waals surface area contributed by atoms with Gasteiger partial charge in [-0.15, -0.1) is 0 Å². The van der Waals surface area contributed by atoms with E-state index < -0.39 is 5.54 Å². The van der Waals surface area contributed by atoms with Crippen molar-refractivity contribution in [1.29, 1.82) is 0 Å². The lowest BCUT2D eigenvalue weighted by Gasteiger charge is -2.24. The van der Waals surface area contributed by atoms with Gasteiger partial charge in [0.15, 0.2) is 0 Å². The van der Waals surface area contributed by atoms with E-state index in [1.165, 1.54) is 0 Å². The number of aromatic nitrogens is 1. The number of hydrogen-bond acceptors (Lipinski definition) is 3. The summed E-state index contributed by atoms with van der Waals surface area (Å²) in [4.78, 5) is 4.02. The Morgan fingerprint density at radius 3 is 2.77 bits per heavy atom. The molecule has 4 heteroatoms. The molecule has 3 N–H and O–H groups in total. The Morgan fingerprint density at radius 2 is 2.23 bits per heavy atom. The van der Waals surface area contributed by atoms with Crippen molar-refractivity contribution in [2.75, 3.05) is 6.61 Å². The highest BCUT2D eigenvalue weighted by Gasteiger charge is 2.23. The third-order valence-corrected chi connectivity index (χ3v) is 2.90. The second-order valence-electron chi connectivity index (χ2n) is 3.37. The number of aliphatic hydroxyl groups is 1. The fraction of sp³-hybridized carbons (Fsp3) is 0.444. The van der Waals surface area contributed by atoms with Crippen LogP contribution in [-0.2, 0) is 5.54 Å². The number of nitrogens with zero attached hydrogens (tertiary/aromatic N) is 1. The van der Waals surface area contributed by atoms with E-state index in [1.807, 2.05) is 6.92 Å². The number of pyridine rings is 1. The van der Waals surface area contributed by atoms with Crippen LogP contribution in [0.25, 0.3) is 0 Å². The van der Waals surface area contributed by atoms with Crippen LogP contribution in [0.15, 0.2) is 16.9 Å². The van der Waals surface area contributed by atoms with Crippen LogP contribution in [0.2, 0.25) is 0 Å². The van der Waals surface area contributed by atoms with Crippen LogP contribution in [-0.4, -0.2) is 16.7 Å². The molecule has 0 radical (unpaired) electrons. The summed E-state index contributed by atoms with van der Waals surface area (Å²) < 4.78 is 0.912. The molecular weight excluding hydrogens is 232 g/mol. The monoisotopic (exact) mass is 244 g/mol. The molecule has 1 atom stereocenters. The Bertz CT molecular complexity index is 312. The van der Waals surface area contributed by atoms with Gasteiger partial charge in [-0.25, -0.2) is 0 Å². The smallest absolute Gasteiger partial charge is 0.0651 e. The lowest BCUT2D eigenvalue weighted by Crippen LogP contribution is -2.37. The summed E-state index contributed by atoms with van der Waals surface area (Å²) in [6.45, 7) is 3.64. The highest BCUT2D eigenvalue weighted by atomic mass is 79.9. The Balaban J connectivity index is 3.22. The van der Waals surface area contributed by atoms with Gasteiger partial charge in [0.05, 0.1) is 12.1 Å². The summed E-state index contributed by atoms with van der Waals surface area (Å²) in [5.74, 6) is 0. The Morgan fingerprint density at radius 1 is 1.62 bits per heavy atom. The van der Waals surface area contributed by atoms with Gasteiger partial charge in [0.25, 0.3) is 0 Å². The van der Waals surface area contributed by atoms with Crippen molar-refractivity contribution >= 4 is 15.9 Å². The van der Waals surface area contributed by atoms with Crippen molar-refractivity contribution < 1.29 is 5.11 Å². The van der Waals surface area contributed by atoms with Crippen LogP contribution >= 0.6 is 15.9 Å². The predicted molar refractivity (Wildman–Crippen MR) is 55.3 cm³/mol. The molecule has 1 aromatic rings. The van der Waals surface area contributed by atoms with Crippen LogP contribution in [0.4, 0.5) is 0 Å². The normalized spacial score (nSPS) is 15.5. The van der Waals surface area contributed by atoms with Gasteiger partial charge in [0, 0.05) is 16.9 Å². The fourth-order valence-electron chi connectivity index (χ4n) is 1.16. The fourth-order valence-corrected chi connectivity index (χ4v) is 1.49.